The van der Waals surface area contributed by atoms with Crippen molar-refractivity contribution in [1.29, 1.82) is 5.26 Å². The van der Waals surface area contributed by atoms with Gasteiger partial charge in [0.1, 0.15) is 0 Å². The molecule has 2 aromatic rings. The molecule has 0 bridgehead atoms. The number of amides is 2. The third kappa shape index (κ3) is 5.29. The fourth-order valence-corrected chi connectivity index (χ4v) is 4.10. The number of nitrogens with one attached hydrogen (secondary N) is 2. The Hall–Kier alpha value is -3.64. The lowest BCUT2D eigenvalue weighted by molar-refractivity contribution is -0.384. The first-order valence-electron chi connectivity index (χ1n) is 9.47. The molecule has 3 rings (SSSR count). The zero-order chi connectivity index (χ0) is 22.5. The fraction of sp³-hybridized carbons (Fsp3) is 0.227. The Morgan fingerprint density at radius 2 is 2.06 bits per heavy atom. The van der Waals surface area contributed by atoms with Crippen molar-refractivity contribution in [1.82, 2.24) is 5.32 Å². The zero-order valence-electron chi connectivity index (χ0n) is 17.0. The van der Waals surface area contributed by atoms with Gasteiger partial charge in [0, 0.05) is 30.2 Å². The van der Waals surface area contributed by atoms with Gasteiger partial charge in [-0.2, -0.15) is 5.26 Å². The van der Waals surface area contributed by atoms with Crippen molar-refractivity contribution >= 4 is 35.0 Å². The molecule has 0 radical (unpaired) electrons. The second kappa shape index (κ2) is 9.45. The van der Waals surface area contributed by atoms with Crippen LogP contribution in [0, 0.1) is 35.3 Å². The standard InChI is InChI=1S/C22H20N4O4S/c1-13-6-7-16(8-14(13)2)24-21(28)12-31-22-19(11-23)18(10-20(27)25-22)15-4-3-5-17(9-15)26(29)30/h3-9,18H,10,12H2,1-2H3,(H,24,28)(H,25,27)/t18-/m0/s1. The molecule has 31 heavy (non-hydrogen) atoms. The minimum Gasteiger partial charge on any atom is -0.325 e. The molecule has 1 aliphatic heterocycles. The average Bonchev–Trinajstić information content (AvgIpc) is 2.74. The molecule has 8 nitrogen and oxygen atoms in total. The number of nitriles is 1. The molecule has 1 aliphatic rings. The maximum Gasteiger partial charge on any atom is 0.269 e. The van der Waals surface area contributed by atoms with Crippen LogP contribution in [0.15, 0.2) is 53.1 Å². The van der Waals surface area contributed by atoms with Gasteiger partial charge in [0.15, 0.2) is 0 Å². The maximum absolute atomic E-state index is 12.4. The van der Waals surface area contributed by atoms with Crippen LogP contribution >= 0.6 is 11.8 Å². The van der Waals surface area contributed by atoms with E-state index in [2.05, 4.69) is 16.7 Å². The Morgan fingerprint density at radius 1 is 1.29 bits per heavy atom. The maximum atomic E-state index is 12.4. The quantitative estimate of drug-likeness (QED) is 0.522. The Labute approximate surface area is 183 Å². The third-order valence-corrected chi connectivity index (χ3v) is 5.99. The lowest BCUT2D eigenvalue weighted by Gasteiger charge is -2.24. The van der Waals surface area contributed by atoms with Crippen molar-refractivity contribution in [3.63, 3.8) is 0 Å². The number of anilines is 1. The van der Waals surface area contributed by atoms with E-state index in [4.69, 9.17) is 0 Å². The van der Waals surface area contributed by atoms with Gasteiger partial charge in [-0.1, -0.05) is 30.0 Å². The summed E-state index contributed by atoms with van der Waals surface area (Å²) < 4.78 is 0. The summed E-state index contributed by atoms with van der Waals surface area (Å²) in [5.74, 6) is -1.20. The number of nitro benzene ring substituents is 1. The highest BCUT2D eigenvalue weighted by molar-refractivity contribution is 8.03. The molecule has 0 aromatic heterocycles. The molecular formula is C22H20N4O4S. The summed E-state index contributed by atoms with van der Waals surface area (Å²) in [4.78, 5) is 35.2. The van der Waals surface area contributed by atoms with Gasteiger partial charge in [0.25, 0.3) is 5.69 Å². The fourth-order valence-electron chi connectivity index (χ4n) is 3.23. The summed E-state index contributed by atoms with van der Waals surface area (Å²) in [5, 5.41) is 26.5. The first-order chi connectivity index (χ1) is 14.8. The first-order valence-corrected chi connectivity index (χ1v) is 10.5. The van der Waals surface area contributed by atoms with Gasteiger partial charge in [-0.25, -0.2) is 0 Å². The van der Waals surface area contributed by atoms with Crippen LogP contribution in [-0.2, 0) is 9.59 Å². The third-order valence-electron chi connectivity index (χ3n) is 4.98. The van der Waals surface area contributed by atoms with Crippen LogP contribution in [0.2, 0.25) is 0 Å². The van der Waals surface area contributed by atoms with Gasteiger partial charge in [-0.05, 0) is 42.7 Å². The van der Waals surface area contributed by atoms with Gasteiger partial charge in [-0.15, -0.1) is 0 Å². The highest BCUT2D eigenvalue weighted by Gasteiger charge is 2.30. The molecule has 1 atom stereocenters. The molecule has 0 spiro atoms. The molecular weight excluding hydrogens is 416 g/mol. The molecule has 158 valence electrons. The van der Waals surface area contributed by atoms with Crippen molar-refractivity contribution in [2.45, 2.75) is 26.2 Å². The number of thioether (sulfide) groups is 1. The molecule has 9 heteroatoms. The average molecular weight is 436 g/mol. The van der Waals surface area contributed by atoms with Gasteiger partial charge >= 0.3 is 0 Å². The van der Waals surface area contributed by atoms with Crippen LogP contribution in [0.1, 0.15) is 29.0 Å². The predicted molar refractivity (Wildman–Crippen MR) is 118 cm³/mol. The molecule has 0 saturated heterocycles. The monoisotopic (exact) mass is 436 g/mol. The highest BCUT2D eigenvalue weighted by atomic mass is 32.2. The topological polar surface area (TPSA) is 125 Å². The zero-order valence-corrected chi connectivity index (χ0v) is 17.8. The Bertz CT molecular complexity index is 1140. The molecule has 2 amide bonds. The van der Waals surface area contributed by atoms with Crippen LogP contribution in [-0.4, -0.2) is 22.5 Å². The normalized spacial score (nSPS) is 15.8. The van der Waals surface area contributed by atoms with E-state index in [0.29, 0.717) is 16.3 Å². The lowest BCUT2D eigenvalue weighted by Crippen LogP contribution is -2.31. The van der Waals surface area contributed by atoms with Crippen LogP contribution in [0.4, 0.5) is 11.4 Å². The molecule has 0 saturated carbocycles. The Morgan fingerprint density at radius 3 is 2.74 bits per heavy atom. The number of aryl methyl sites for hydroxylation is 2. The van der Waals surface area contributed by atoms with Gasteiger partial charge in [-0.3, -0.25) is 19.7 Å². The number of benzene rings is 2. The van der Waals surface area contributed by atoms with E-state index in [9.17, 15) is 25.0 Å². The molecule has 1 heterocycles. The van der Waals surface area contributed by atoms with Crippen molar-refractivity contribution in [2.75, 3.05) is 11.1 Å². The minimum atomic E-state index is -0.607. The van der Waals surface area contributed by atoms with Gasteiger partial charge < -0.3 is 10.6 Å². The summed E-state index contributed by atoms with van der Waals surface area (Å²) in [6, 6.07) is 13.6. The first kappa shape index (κ1) is 22.1. The number of rotatable bonds is 6. The second-order valence-corrected chi connectivity index (χ2v) is 8.13. The van der Waals surface area contributed by atoms with Crippen LogP contribution in [0.25, 0.3) is 0 Å². The number of nitro groups is 1. The van der Waals surface area contributed by atoms with E-state index in [1.54, 1.807) is 6.07 Å². The van der Waals surface area contributed by atoms with E-state index in [1.807, 2.05) is 32.0 Å². The summed E-state index contributed by atoms with van der Waals surface area (Å²) in [5.41, 5.74) is 3.53. The molecule has 0 fully saturated rings. The number of hydrogen-bond acceptors (Lipinski definition) is 6. The number of carbonyl (C=O) groups excluding carboxylic acids is 2. The molecule has 0 aliphatic carbocycles. The van der Waals surface area contributed by atoms with Crippen molar-refractivity contribution in [3.8, 4) is 6.07 Å². The number of allylic oxidation sites excluding steroid dienone is 1. The minimum absolute atomic E-state index is 0.00294. The smallest absolute Gasteiger partial charge is 0.269 e. The van der Waals surface area contributed by atoms with Crippen LogP contribution in [0.5, 0.6) is 0 Å². The van der Waals surface area contributed by atoms with Crippen molar-refractivity contribution < 1.29 is 14.5 Å². The Balaban J connectivity index is 1.78. The lowest BCUT2D eigenvalue weighted by atomic mass is 9.87. The summed E-state index contributed by atoms with van der Waals surface area (Å²) >= 11 is 1.06. The van der Waals surface area contributed by atoms with Gasteiger partial charge in [0.2, 0.25) is 11.8 Å². The number of carbonyl (C=O) groups is 2. The highest BCUT2D eigenvalue weighted by Crippen LogP contribution is 2.36. The van der Waals surface area contributed by atoms with Crippen LogP contribution < -0.4 is 10.6 Å². The molecule has 2 aromatic carbocycles. The molecule has 0 unspecified atom stereocenters. The SMILES string of the molecule is Cc1ccc(NC(=O)CSC2=C(C#N)[C@H](c3cccc([N+](=O)[O-])c3)CC(=O)N2)cc1C. The van der Waals surface area contributed by atoms with E-state index in [-0.39, 0.29) is 35.2 Å². The van der Waals surface area contributed by atoms with E-state index in [0.717, 1.165) is 22.9 Å². The van der Waals surface area contributed by atoms with E-state index < -0.39 is 10.8 Å². The summed E-state index contributed by atoms with van der Waals surface area (Å²) in [6.07, 6.45) is 0.00294. The summed E-state index contributed by atoms with van der Waals surface area (Å²) in [6.45, 7) is 3.94. The number of non-ortho nitro benzene ring substituents is 1. The van der Waals surface area contributed by atoms with E-state index >= 15 is 0 Å². The number of nitrogens with zero attached hydrogens (tertiary/aromatic N) is 2. The summed E-state index contributed by atoms with van der Waals surface area (Å²) in [7, 11) is 0. The number of hydrogen-bond donors (Lipinski definition) is 2. The van der Waals surface area contributed by atoms with Crippen molar-refractivity contribution in [2.24, 2.45) is 0 Å². The predicted octanol–water partition coefficient (Wildman–Crippen LogP) is 3.92. The largest absolute Gasteiger partial charge is 0.325 e. The van der Waals surface area contributed by atoms with Gasteiger partial charge in [0.05, 0.1) is 27.3 Å². The van der Waals surface area contributed by atoms with Crippen LogP contribution in [0.3, 0.4) is 0 Å². The van der Waals surface area contributed by atoms with E-state index in [1.165, 1.54) is 18.2 Å². The van der Waals surface area contributed by atoms with Crippen molar-refractivity contribution in [3.05, 3.63) is 79.9 Å². The second-order valence-electron chi connectivity index (χ2n) is 7.15. The Kier molecular flexibility index (Phi) is 6.72. The molecule has 2 N–H and O–H groups in total.